The van der Waals surface area contributed by atoms with Crippen molar-refractivity contribution in [2.45, 2.75) is 38.7 Å². The summed E-state index contributed by atoms with van der Waals surface area (Å²) >= 11 is 1.80. The highest BCUT2D eigenvalue weighted by Gasteiger charge is 2.11. The van der Waals surface area contributed by atoms with Crippen molar-refractivity contribution in [3.63, 3.8) is 0 Å². The van der Waals surface area contributed by atoms with Crippen molar-refractivity contribution in [2.75, 3.05) is 0 Å². The molecule has 0 aliphatic heterocycles. The third kappa shape index (κ3) is 1.54. The predicted molar refractivity (Wildman–Crippen MR) is 51.5 cm³/mol. The molecule has 66 valence electrons. The Hall–Kier alpha value is -0.340. The quantitative estimate of drug-likeness (QED) is 0.662. The van der Waals surface area contributed by atoms with E-state index in [1.165, 1.54) is 42.5 Å². The lowest BCUT2D eigenvalue weighted by Crippen LogP contribution is -1.81. The number of hydrogen-bond donors (Lipinski definition) is 1. The van der Waals surface area contributed by atoms with Crippen molar-refractivity contribution < 1.29 is 5.11 Å². The molecule has 0 bridgehead atoms. The van der Waals surface area contributed by atoms with Gasteiger partial charge in [0.05, 0.1) is 6.61 Å². The molecular weight excluding hydrogens is 168 g/mol. The zero-order chi connectivity index (χ0) is 8.39. The Balaban J connectivity index is 2.26. The summed E-state index contributed by atoms with van der Waals surface area (Å²) in [6.07, 6.45) is 6.49. The van der Waals surface area contributed by atoms with Crippen molar-refractivity contribution in [1.29, 1.82) is 0 Å². The van der Waals surface area contributed by atoms with Crippen LogP contribution >= 0.6 is 11.3 Å². The van der Waals surface area contributed by atoms with Gasteiger partial charge >= 0.3 is 0 Å². The Morgan fingerprint density at radius 2 is 2.08 bits per heavy atom. The van der Waals surface area contributed by atoms with Crippen LogP contribution in [-0.2, 0) is 19.4 Å². The van der Waals surface area contributed by atoms with Crippen molar-refractivity contribution in [1.82, 2.24) is 0 Å². The molecule has 2 heteroatoms. The zero-order valence-electron chi connectivity index (χ0n) is 7.18. The molecule has 0 fully saturated rings. The third-order valence-corrected chi connectivity index (χ3v) is 3.68. The minimum atomic E-state index is 0.220. The average molecular weight is 182 g/mol. The van der Waals surface area contributed by atoms with Gasteiger partial charge in [0, 0.05) is 9.75 Å². The van der Waals surface area contributed by atoms with E-state index < -0.39 is 0 Å². The van der Waals surface area contributed by atoms with Crippen LogP contribution in [0.1, 0.15) is 34.6 Å². The Bertz CT molecular complexity index is 241. The molecule has 1 aliphatic rings. The molecule has 1 heterocycles. The van der Waals surface area contributed by atoms with Gasteiger partial charge in [-0.15, -0.1) is 11.3 Å². The van der Waals surface area contributed by atoms with E-state index in [1.54, 1.807) is 11.3 Å². The molecule has 0 atom stereocenters. The second-order valence-corrected chi connectivity index (χ2v) is 4.60. The van der Waals surface area contributed by atoms with Crippen LogP contribution in [0, 0.1) is 0 Å². The first kappa shape index (κ1) is 8.27. The first-order valence-electron chi connectivity index (χ1n) is 4.61. The Morgan fingerprint density at radius 3 is 2.92 bits per heavy atom. The molecule has 0 aromatic carbocycles. The summed E-state index contributed by atoms with van der Waals surface area (Å²) in [5.41, 5.74) is 1.50. The summed E-state index contributed by atoms with van der Waals surface area (Å²) in [6.45, 7) is 0.220. The highest BCUT2D eigenvalue weighted by molar-refractivity contribution is 7.12. The smallest absolute Gasteiger partial charge is 0.0774 e. The maximum absolute atomic E-state index is 8.97. The highest BCUT2D eigenvalue weighted by atomic mass is 32.1. The SMILES string of the molecule is OCc1cc2c(s1)CCCCC2. The Kier molecular flexibility index (Phi) is 2.47. The fourth-order valence-electron chi connectivity index (χ4n) is 1.81. The molecule has 1 nitrogen and oxygen atoms in total. The van der Waals surface area contributed by atoms with E-state index in [0.29, 0.717) is 0 Å². The van der Waals surface area contributed by atoms with Crippen molar-refractivity contribution in [3.05, 3.63) is 21.4 Å². The van der Waals surface area contributed by atoms with Gasteiger partial charge in [0.2, 0.25) is 0 Å². The molecule has 0 saturated heterocycles. The summed E-state index contributed by atoms with van der Waals surface area (Å²) in [4.78, 5) is 2.67. The normalized spacial score (nSPS) is 17.1. The topological polar surface area (TPSA) is 20.2 Å². The molecule has 0 spiro atoms. The molecule has 1 N–H and O–H groups in total. The lowest BCUT2D eigenvalue weighted by Gasteiger charge is -1.92. The molecule has 1 aromatic rings. The molecule has 2 rings (SSSR count). The maximum Gasteiger partial charge on any atom is 0.0774 e. The summed E-state index contributed by atoms with van der Waals surface area (Å²) in [5, 5.41) is 8.97. The number of thiophene rings is 1. The lowest BCUT2D eigenvalue weighted by molar-refractivity contribution is 0.285. The monoisotopic (exact) mass is 182 g/mol. The fraction of sp³-hybridized carbons (Fsp3) is 0.600. The number of fused-ring (bicyclic) bond motifs is 1. The van der Waals surface area contributed by atoms with Crippen LogP contribution in [0.3, 0.4) is 0 Å². The number of aryl methyl sites for hydroxylation is 2. The van der Waals surface area contributed by atoms with Gasteiger partial charge in [0.1, 0.15) is 0 Å². The Labute approximate surface area is 77.0 Å². The summed E-state index contributed by atoms with van der Waals surface area (Å²) in [5.74, 6) is 0. The van der Waals surface area contributed by atoms with Gasteiger partial charge in [-0.25, -0.2) is 0 Å². The molecule has 1 aliphatic carbocycles. The van der Waals surface area contributed by atoms with Crippen molar-refractivity contribution in [3.8, 4) is 0 Å². The molecule has 0 radical (unpaired) electrons. The summed E-state index contributed by atoms with van der Waals surface area (Å²) in [7, 11) is 0. The molecule has 12 heavy (non-hydrogen) atoms. The number of hydrogen-bond acceptors (Lipinski definition) is 2. The van der Waals surface area contributed by atoms with Crippen LogP contribution < -0.4 is 0 Å². The number of aliphatic hydroxyl groups excluding tert-OH is 1. The minimum Gasteiger partial charge on any atom is -0.391 e. The van der Waals surface area contributed by atoms with E-state index in [-0.39, 0.29) is 6.61 Å². The Morgan fingerprint density at radius 1 is 1.25 bits per heavy atom. The number of rotatable bonds is 1. The van der Waals surface area contributed by atoms with E-state index in [0.717, 1.165) is 4.88 Å². The van der Waals surface area contributed by atoms with Crippen molar-refractivity contribution >= 4 is 11.3 Å². The predicted octanol–water partition coefficient (Wildman–Crippen LogP) is 2.51. The number of aliphatic hydroxyl groups is 1. The van der Waals surface area contributed by atoms with E-state index >= 15 is 0 Å². The van der Waals surface area contributed by atoms with E-state index in [2.05, 4.69) is 6.07 Å². The van der Waals surface area contributed by atoms with Crippen LogP contribution in [-0.4, -0.2) is 5.11 Å². The van der Waals surface area contributed by atoms with Crippen LogP contribution in [0.5, 0.6) is 0 Å². The molecule has 0 saturated carbocycles. The second kappa shape index (κ2) is 3.58. The average Bonchev–Trinajstić information content (AvgIpc) is 2.37. The first-order chi connectivity index (χ1) is 5.90. The summed E-state index contributed by atoms with van der Waals surface area (Å²) < 4.78 is 0. The van der Waals surface area contributed by atoms with E-state index in [4.69, 9.17) is 5.11 Å². The molecular formula is C10H14OS. The molecule has 1 aromatic heterocycles. The van der Waals surface area contributed by atoms with Gasteiger partial charge in [-0.1, -0.05) is 6.42 Å². The highest BCUT2D eigenvalue weighted by Crippen LogP contribution is 2.28. The zero-order valence-corrected chi connectivity index (χ0v) is 7.99. The van der Waals surface area contributed by atoms with Gasteiger partial charge < -0.3 is 5.11 Å². The largest absolute Gasteiger partial charge is 0.391 e. The van der Waals surface area contributed by atoms with Gasteiger partial charge in [-0.05, 0) is 37.3 Å². The van der Waals surface area contributed by atoms with Gasteiger partial charge in [-0.3, -0.25) is 0 Å². The van der Waals surface area contributed by atoms with Gasteiger partial charge in [-0.2, -0.15) is 0 Å². The van der Waals surface area contributed by atoms with E-state index in [9.17, 15) is 0 Å². The molecule has 0 amide bonds. The standard InChI is InChI=1S/C10H14OS/c11-7-9-6-8-4-2-1-3-5-10(8)12-9/h6,11H,1-5,7H2. The van der Waals surface area contributed by atoms with Crippen LogP contribution in [0.25, 0.3) is 0 Å². The van der Waals surface area contributed by atoms with Crippen molar-refractivity contribution in [2.24, 2.45) is 0 Å². The van der Waals surface area contributed by atoms with Gasteiger partial charge in [0.15, 0.2) is 0 Å². The van der Waals surface area contributed by atoms with Crippen LogP contribution in [0.2, 0.25) is 0 Å². The fourth-order valence-corrected chi connectivity index (χ4v) is 2.93. The molecule has 0 unspecified atom stereocenters. The second-order valence-electron chi connectivity index (χ2n) is 3.38. The van der Waals surface area contributed by atoms with Gasteiger partial charge in [0.25, 0.3) is 0 Å². The summed E-state index contributed by atoms with van der Waals surface area (Å²) in [6, 6.07) is 2.19. The van der Waals surface area contributed by atoms with E-state index in [1.807, 2.05) is 0 Å². The third-order valence-electron chi connectivity index (χ3n) is 2.45. The lowest BCUT2D eigenvalue weighted by atomic mass is 10.1. The first-order valence-corrected chi connectivity index (χ1v) is 5.43. The van der Waals surface area contributed by atoms with Crippen LogP contribution in [0.15, 0.2) is 6.07 Å². The van der Waals surface area contributed by atoms with Crippen LogP contribution in [0.4, 0.5) is 0 Å². The minimum absolute atomic E-state index is 0.220. The maximum atomic E-state index is 8.97.